The van der Waals surface area contributed by atoms with Gasteiger partial charge in [0, 0.05) is 6.54 Å². The number of phenolic OH excluding ortho intramolecular Hbond substituents is 1. The second-order valence-corrected chi connectivity index (χ2v) is 4.54. The Hall–Kier alpha value is -1.26. The van der Waals surface area contributed by atoms with Gasteiger partial charge in [-0.15, -0.1) is 0 Å². The first-order valence-electron chi connectivity index (χ1n) is 4.85. The monoisotopic (exact) mass is 242 g/mol. The molecule has 0 bridgehead atoms. The minimum absolute atomic E-state index is 0.0413. The molecule has 0 radical (unpaired) electrons. The van der Waals surface area contributed by atoms with Gasteiger partial charge in [-0.2, -0.15) is 0 Å². The molecule has 1 aromatic carbocycles. The molecule has 0 saturated carbocycles. The van der Waals surface area contributed by atoms with Crippen LogP contribution in [0.5, 0.6) is 5.75 Å². The maximum atomic E-state index is 11.1. The van der Waals surface area contributed by atoms with Crippen molar-refractivity contribution >= 4 is 17.5 Å². The van der Waals surface area contributed by atoms with E-state index in [1.807, 2.05) is 0 Å². The van der Waals surface area contributed by atoms with Gasteiger partial charge in [0.1, 0.15) is 5.75 Å². The second-order valence-electron chi connectivity index (χ2n) is 4.13. The standard InChI is InChI=1S/C11H15ClN2O2/c1-11(2,10(13)16)14-6-7-3-4-9(15)8(12)5-7/h3-5,14-15H,6H2,1-2H3,(H2,13,16). The van der Waals surface area contributed by atoms with Crippen molar-refractivity contribution in [3.8, 4) is 5.75 Å². The molecule has 0 unspecified atom stereocenters. The van der Waals surface area contributed by atoms with Crippen LogP contribution in [-0.4, -0.2) is 16.6 Å². The number of halogens is 1. The van der Waals surface area contributed by atoms with Crippen LogP contribution in [0.1, 0.15) is 19.4 Å². The molecular weight excluding hydrogens is 228 g/mol. The molecule has 0 saturated heterocycles. The molecule has 0 aromatic heterocycles. The van der Waals surface area contributed by atoms with Gasteiger partial charge in [-0.1, -0.05) is 17.7 Å². The third kappa shape index (κ3) is 3.12. The molecule has 4 N–H and O–H groups in total. The summed E-state index contributed by atoms with van der Waals surface area (Å²) < 4.78 is 0. The van der Waals surface area contributed by atoms with Gasteiger partial charge in [-0.3, -0.25) is 10.1 Å². The summed E-state index contributed by atoms with van der Waals surface area (Å²) >= 11 is 5.76. The van der Waals surface area contributed by atoms with E-state index >= 15 is 0 Å². The van der Waals surface area contributed by atoms with E-state index < -0.39 is 11.4 Å². The summed E-state index contributed by atoms with van der Waals surface area (Å²) in [5.41, 5.74) is 5.32. The molecule has 1 rings (SSSR count). The van der Waals surface area contributed by atoms with E-state index in [-0.39, 0.29) is 10.8 Å². The minimum atomic E-state index is -0.773. The van der Waals surface area contributed by atoms with Crippen molar-refractivity contribution in [2.75, 3.05) is 0 Å². The zero-order valence-corrected chi connectivity index (χ0v) is 10.0. The highest BCUT2D eigenvalue weighted by atomic mass is 35.5. The van der Waals surface area contributed by atoms with Crippen LogP contribution in [0, 0.1) is 0 Å². The molecule has 0 atom stereocenters. The van der Waals surface area contributed by atoms with Gasteiger partial charge < -0.3 is 10.8 Å². The van der Waals surface area contributed by atoms with E-state index in [1.54, 1.807) is 26.0 Å². The molecule has 0 fully saturated rings. The molecule has 0 spiro atoms. The molecule has 1 amide bonds. The molecule has 0 aliphatic heterocycles. The number of hydrogen-bond acceptors (Lipinski definition) is 3. The molecule has 0 aliphatic carbocycles. The van der Waals surface area contributed by atoms with E-state index in [9.17, 15) is 9.90 Å². The normalized spacial score (nSPS) is 11.4. The largest absolute Gasteiger partial charge is 0.506 e. The summed E-state index contributed by atoms with van der Waals surface area (Å²) in [4.78, 5) is 11.1. The van der Waals surface area contributed by atoms with E-state index in [1.165, 1.54) is 6.07 Å². The van der Waals surface area contributed by atoms with Crippen molar-refractivity contribution < 1.29 is 9.90 Å². The number of carbonyl (C=O) groups is 1. The third-order valence-electron chi connectivity index (χ3n) is 2.36. The topological polar surface area (TPSA) is 75.3 Å². The first-order valence-corrected chi connectivity index (χ1v) is 5.23. The summed E-state index contributed by atoms with van der Waals surface area (Å²) in [5, 5.41) is 12.5. The SMILES string of the molecule is CC(C)(NCc1ccc(O)c(Cl)c1)C(N)=O. The van der Waals surface area contributed by atoms with Gasteiger partial charge in [0.2, 0.25) is 5.91 Å². The lowest BCUT2D eigenvalue weighted by molar-refractivity contribution is -0.123. The second kappa shape index (κ2) is 4.72. The lowest BCUT2D eigenvalue weighted by Crippen LogP contribution is -2.50. The maximum absolute atomic E-state index is 11.1. The fourth-order valence-electron chi connectivity index (χ4n) is 1.07. The predicted molar refractivity (Wildman–Crippen MR) is 63.2 cm³/mol. The lowest BCUT2D eigenvalue weighted by Gasteiger charge is -2.22. The number of phenols is 1. The fraction of sp³-hybridized carbons (Fsp3) is 0.364. The Balaban J connectivity index is 2.68. The fourth-order valence-corrected chi connectivity index (χ4v) is 1.27. The maximum Gasteiger partial charge on any atom is 0.237 e. The quantitative estimate of drug-likeness (QED) is 0.747. The van der Waals surface area contributed by atoms with Crippen LogP contribution in [0.4, 0.5) is 0 Å². The molecular formula is C11H15ClN2O2. The van der Waals surface area contributed by atoms with Crippen molar-refractivity contribution in [3.63, 3.8) is 0 Å². The van der Waals surface area contributed by atoms with Gasteiger partial charge in [0.25, 0.3) is 0 Å². The van der Waals surface area contributed by atoms with Crippen LogP contribution in [-0.2, 0) is 11.3 Å². The number of aromatic hydroxyl groups is 1. The Labute approximate surface area is 99.4 Å². The Kier molecular flexibility index (Phi) is 3.78. The van der Waals surface area contributed by atoms with Crippen molar-refractivity contribution in [1.82, 2.24) is 5.32 Å². The molecule has 16 heavy (non-hydrogen) atoms. The number of rotatable bonds is 4. The Morgan fingerprint density at radius 3 is 2.69 bits per heavy atom. The van der Waals surface area contributed by atoms with Crippen molar-refractivity contribution in [2.45, 2.75) is 25.9 Å². The average Bonchev–Trinajstić information content (AvgIpc) is 2.20. The zero-order valence-electron chi connectivity index (χ0n) is 9.25. The van der Waals surface area contributed by atoms with E-state index in [4.69, 9.17) is 17.3 Å². The summed E-state index contributed by atoms with van der Waals surface area (Å²) in [6, 6.07) is 4.88. The highest BCUT2D eigenvalue weighted by molar-refractivity contribution is 6.32. The van der Waals surface area contributed by atoms with Crippen molar-refractivity contribution in [2.24, 2.45) is 5.73 Å². The van der Waals surface area contributed by atoms with E-state index in [2.05, 4.69) is 5.32 Å². The minimum Gasteiger partial charge on any atom is -0.506 e. The van der Waals surface area contributed by atoms with Crippen molar-refractivity contribution in [1.29, 1.82) is 0 Å². The van der Waals surface area contributed by atoms with Crippen LogP contribution >= 0.6 is 11.6 Å². The highest BCUT2D eigenvalue weighted by Gasteiger charge is 2.23. The van der Waals surface area contributed by atoms with Crippen LogP contribution in [0.25, 0.3) is 0 Å². The smallest absolute Gasteiger partial charge is 0.237 e. The van der Waals surface area contributed by atoms with Crippen molar-refractivity contribution in [3.05, 3.63) is 28.8 Å². The van der Waals surface area contributed by atoms with Crippen LogP contribution in [0.15, 0.2) is 18.2 Å². The summed E-state index contributed by atoms with van der Waals surface area (Å²) in [5.74, 6) is -0.378. The number of nitrogens with one attached hydrogen (secondary N) is 1. The van der Waals surface area contributed by atoms with Gasteiger partial charge in [-0.25, -0.2) is 0 Å². The van der Waals surface area contributed by atoms with Crippen LogP contribution < -0.4 is 11.1 Å². The number of primary amides is 1. The number of carbonyl (C=O) groups excluding carboxylic acids is 1. The van der Waals surface area contributed by atoms with Gasteiger partial charge in [0.05, 0.1) is 10.6 Å². The molecule has 4 nitrogen and oxygen atoms in total. The number of nitrogens with two attached hydrogens (primary N) is 1. The highest BCUT2D eigenvalue weighted by Crippen LogP contribution is 2.23. The van der Waals surface area contributed by atoms with E-state index in [0.29, 0.717) is 6.54 Å². The van der Waals surface area contributed by atoms with Gasteiger partial charge in [-0.05, 0) is 31.5 Å². The third-order valence-corrected chi connectivity index (χ3v) is 2.67. The van der Waals surface area contributed by atoms with Crippen LogP contribution in [0.3, 0.4) is 0 Å². The Morgan fingerprint density at radius 1 is 1.56 bits per heavy atom. The Bertz CT molecular complexity index is 405. The number of amides is 1. The van der Waals surface area contributed by atoms with E-state index in [0.717, 1.165) is 5.56 Å². The average molecular weight is 243 g/mol. The van der Waals surface area contributed by atoms with Gasteiger partial charge in [0.15, 0.2) is 0 Å². The van der Waals surface area contributed by atoms with Gasteiger partial charge >= 0.3 is 0 Å². The molecule has 0 aliphatic rings. The molecule has 1 aromatic rings. The van der Waals surface area contributed by atoms with Crippen LogP contribution in [0.2, 0.25) is 5.02 Å². The molecule has 0 heterocycles. The Morgan fingerprint density at radius 2 is 2.19 bits per heavy atom. The number of hydrogen-bond donors (Lipinski definition) is 3. The summed E-state index contributed by atoms with van der Waals surface area (Å²) in [6.07, 6.45) is 0. The first kappa shape index (κ1) is 12.8. The number of benzene rings is 1. The summed E-state index contributed by atoms with van der Waals surface area (Å²) in [7, 11) is 0. The first-order chi connectivity index (χ1) is 7.33. The zero-order chi connectivity index (χ0) is 12.3. The summed E-state index contributed by atoms with van der Waals surface area (Å²) in [6.45, 7) is 3.87. The predicted octanol–water partition coefficient (Wildman–Crippen LogP) is 1.40. The lowest BCUT2D eigenvalue weighted by atomic mass is 10.0. The molecule has 5 heteroatoms. The molecule has 88 valence electrons.